The highest BCUT2D eigenvalue weighted by molar-refractivity contribution is 6.13. The summed E-state index contributed by atoms with van der Waals surface area (Å²) in [4.78, 5) is 9.43. The first-order chi connectivity index (χ1) is 34.4. The lowest BCUT2D eigenvalue weighted by molar-refractivity contribution is -0.137. The summed E-state index contributed by atoms with van der Waals surface area (Å²) in [6.45, 7) is 0. The normalized spacial score (nSPS) is 11.9. The van der Waals surface area contributed by atoms with Crippen molar-refractivity contribution >= 4 is 43.6 Å². The zero-order valence-electron chi connectivity index (χ0n) is 36.8. The smallest absolute Gasteiger partial charge is 0.307 e. The SMILES string of the molecule is Fc1c(F)c(F)c(-c2cc(-n3c4ccccc4c4ccc(-c5ccc(-c6ccccc6)nc5)cc43)c(-n3c4ccccc4c4ccc(-c5ccc(-c6ccccc6)nc5)cc43)cc2C(F)(F)F)c(F)c1F. The molecular formula is C59H32F8N4. The summed E-state index contributed by atoms with van der Waals surface area (Å²) in [7, 11) is 0. The molecule has 0 amide bonds. The van der Waals surface area contributed by atoms with Gasteiger partial charge in [-0.15, -0.1) is 0 Å². The molecule has 0 aliphatic carbocycles. The molecule has 0 aliphatic heterocycles. The van der Waals surface area contributed by atoms with Crippen molar-refractivity contribution in [2.24, 2.45) is 0 Å². The predicted molar refractivity (Wildman–Crippen MR) is 263 cm³/mol. The highest BCUT2D eigenvalue weighted by atomic mass is 19.4. The average Bonchev–Trinajstić information content (AvgIpc) is 3.92. The molecule has 4 aromatic heterocycles. The summed E-state index contributed by atoms with van der Waals surface area (Å²) >= 11 is 0. The number of rotatable bonds is 7. The fourth-order valence-corrected chi connectivity index (χ4v) is 9.73. The summed E-state index contributed by atoms with van der Waals surface area (Å²) in [5, 5.41) is 2.67. The van der Waals surface area contributed by atoms with Gasteiger partial charge in [0.2, 0.25) is 5.82 Å². The third kappa shape index (κ3) is 7.12. The van der Waals surface area contributed by atoms with Gasteiger partial charge in [0.05, 0.1) is 56.0 Å². The first-order valence-electron chi connectivity index (χ1n) is 22.3. The van der Waals surface area contributed by atoms with Crippen molar-refractivity contribution in [3.8, 4) is 67.3 Å². The minimum atomic E-state index is -5.38. The Bertz CT molecular complexity index is 4040. The van der Waals surface area contributed by atoms with Gasteiger partial charge in [0.15, 0.2) is 23.3 Å². The van der Waals surface area contributed by atoms with Crippen LogP contribution in [0.25, 0.3) is 111 Å². The molecular weight excluding hydrogens is 917 g/mol. The minimum absolute atomic E-state index is 0.0558. The maximum atomic E-state index is 16.0. The number of nitrogens with zero attached hydrogens (tertiary/aromatic N) is 4. The number of para-hydroxylation sites is 2. The molecule has 8 aromatic carbocycles. The lowest BCUT2D eigenvalue weighted by Gasteiger charge is -2.23. The molecule has 4 nitrogen and oxygen atoms in total. The Morgan fingerprint density at radius 2 is 0.732 bits per heavy atom. The van der Waals surface area contributed by atoms with Gasteiger partial charge in [0, 0.05) is 61.8 Å². The number of hydrogen-bond acceptors (Lipinski definition) is 2. The van der Waals surface area contributed by atoms with E-state index in [4.69, 9.17) is 9.97 Å². The molecule has 0 saturated heterocycles. The maximum Gasteiger partial charge on any atom is 0.417 e. The zero-order valence-corrected chi connectivity index (χ0v) is 36.8. The number of aromatic nitrogens is 4. The minimum Gasteiger partial charge on any atom is -0.307 e. The summed E-state index contributed by atoms with van der Waals surface area (Å²) < 4.78 is 128. The molecule has 0 atom stereocenters. The van der Waals surface area contributed by atoms with Crippen molar-refractivity contribution in [3.63, 3.8) is 0 Å². The van der Waals surface area contributed by atoms with Gasteiger partial charge >= 0.3 is 6.18 Å². The van der Waals surface area contributed by atoms with Crippen molar-refractivity contribution < 1.29 is 35.1 Å². The largest absolute Gasteiger partial charge is 0.417 e. The van der Waals surface area contributed by atoms with Gasteiger partial charge in [0.1, 0.15) is 0 Å². The number of fused-ring (bicyclic) bond motifs is 6. The summed E-state index contributed by atoms with van der Waals surface area (Å²) in [6, 6.07) is 53.8. The zero-order chi connectivity index (χ0) is 48.7. The Balaban J connectivity index is 1.17. The highest BCUT2D eigenvalue weighted by Crippen LogP contribution is 2.47. The molecule has 12 aromatic rings. The molecule has 0 N–H and O–H groups in total. The molecule has 0 unspecified atom stereocenters. The van der Waals surface area contributed by atoms with Crippen molar-refractivity contribution in [3.05, 3.63) is 229 Å². The van der Waals surface area contributed by atoms with Crippen LogP contribution in [0.5, 0.6) is 0 Å². The number of benzene rings is 8. The Morgan fingerprint density at radius 3 is 1.17 bits per heavy atom. The van der Waals surface area contributed by atoms with E-state index in [1.165, 1.54) is 0 Å². The van der Waals surface area contributed by atoms with Crippen LogP contribution in [0.15, 0.2) is 194 Å². The van der Waals surface area contributed by atoms with Crippen molar-refractivity contribution in [2.75, 3.05) is 0 Å². The van der Waals surface area contributed by atoms with E-state index < -0.39 is 52.0 Å². The summed E-state index contributed by atoms with van der Waals surface area (Å²) in [6.07, 6.45) is -1.96. The number of halogens is 8. The van der Waals surface area contributed by atoms with Crippen LogP contribution in [-0.2, 0) is 6.18 Å². The fourth-order valence-electron chi connectivity index (χ4n) is 9.73. The topological polar surface area (TPSA) is 35.6 Å². The first kappa shape index (κ1) is 43.4. The second-order valence-electron chi connectivity index (χ2n) is 17.1. The van der Waals surface area contributed by atoms with Crippen LogP contribution in [0.3, 0.4) is 0 Å². The summed E-state index contributed by atoms with van der Waals surface area (Å²) in [5.74, 6) is -12.1. The van der Waals surface area contributed by atoms with E-state index in [-0.39, 0.29) is 11.4 Å². The van der Waals surface area contributed by atoms with E-state index in [9.17, 15) is 4.39 Å². The summed E-state index contributed by atoms with van der Waals surface area (Å²) in [5.41, 5.74) is 3.17. The van der Waals surface area contributed by atoms with Crippen molar-refractivity contribution in [1.29, 1.82) is 0 Å². The third-order valence-corrected chi connectivity index (χ3v) is 13.1. The molecule has 0 aliphatic rings. The number of pyridine rings is 2. The number of hydrogen-bond donors (Lipinski definition) is 0. The highest BCUT2D eigenvalue weighted by Gasteiger charge is 2.39. The average molecular weight is 949 g/mol. The van der Waals surface area contributed by atoms with E-state index >= 15 is 30.7 Å². The molecule has 4 heterocycles. The predicted octanol–water partition coefficient (Wildman–Crippen LogP) is 16.7. The van der Waals surface area contributed by atoms with Crippen LogP contribution in [0.4, 0.5) is 35.1 Å². The number of alkyl halides is 3. The fraction of sp³-hybridized carbons (Fsp3) is 0.0169. The molecule has 0 radical (unpaired) electrons. The quantitative estimate of drug-likeness (QED) is 0.0907. The Kier molecular flexibility index (Phi) is 10.2. The Labute approximate surface area is 399 Å². The molecule has 344 valence electrons. The molecule has 0 spiro atoms. The molecule has 12 rings (SSSR count). The van der Waals surface area contributed by atoms with E-state index in [1.807, 2.05) is 133 Å². The van der Waals surface area contributed by atoms with Crippen molar-refractivity contribution in [2.45, 2.75) is 6.18 Å². The van der Waals surface area contributed by atoms with Gasteiger partial charge in [0.25, 0.3) is 0 Å². The lowest BCUT2D eigenvalue weighted by atomic mass is 9.95. The second kappa shape index (κ2) is 16.7. The Morgan fingerprint density at radius 1 is 0.338 bits per heavy atom. The van der Waals surface area contributed by atoms with E-state index in [1.54, 1.807) is 57.9 Å². The molecule has 0 bridgehead atoms. The Hall–Kier alpha value is -8.90. The van der Waals surface area contributed by atoms with Crippen LogP contribution in [0.1, 0.15) is 5.56 Å². The van der Waals surface area contributed by atoms with Gasteiger partial charge in [-0.25, -0.2) is 22.0 Å². The molecule has 71 heavy (non-hydrogen) atoms. The van der Waals surface area contributed by atoms with Gasteiger partial charge < -0.3 is 9.13 Å². The maximum absolute atomic E-state index is 16.0. The van der Waals surface area contributed by atoms with E-state index in [0.717, 1.165) is 34.6 Å². The van der Waals surface area contributed by atoms with Crippen LogP contribution in [0, 0.1) is 29.1 Å². The van der Waals surface area contributed by atoms with Gasteiger partial charge in [-0.05, 0) is 59.7 Å². The standard InChI is InChI=1S/C59H32F8N4/c60-54-53(55(61)57(63)58(64)56(54)62)43-29-51(70-47-17-9-7-15-39(47)41-23-19-35(27-49(41)70)37-21-25-45(68-31-37)33-11-3-1-4-12-33)52(30-44(43)59(65,66)67)71-48-18-10-8-16-40(48)42-24-20-36(28-50(42)71)38-22-26-46(69-32-38)34-13-5-2-6-14-34/h1-32H. The van der Waals surface area contributed by atoms with Crippen molar-refractivity contribution in [1.82, 2.24) is 19.1 Å². The second-order valence-corrected chi connectivity index (χ2v) is 17.1. The molecule has 0 saturated carbocycles. The first-order valence-corrected chi connectivity index (χ1v) is 22.3. The molecule has 12 heteroatoms. The van der Waals surface area contributed by atoms with Crippen LogP contribution in [0.2, 0.25) is 0 Å². The van der Waals surface area contributed by atoms with Crippen LogP contribution >= 0.6 is 0 Å². The molecule has 0 fully saturated rings. The van der Waals surface area contributed by atoms with E-state index in [2.05, 4.69) is 0 Å². The van der Waals surface area contributed by atoms with Gasteiger partial charge in [-0.3, -0.25) is 9.97 Å². The van der Waals surface area contributed by atoms with E-state index in [0.29, 0.717) is 65.9 Å². The third-order valence-electron chi connectivity index (χ3n) is 13.1. The van der Waals surface area contributed by atoms with Crippen LogP contribution in [-0.4, -0.2) is 19.1 Å². The van der Waals surface area contributed by atoms with Gasteiger partial charge in [-0.2, -0.15) is 13.2 Å². The van der Waals surface area contributed by atoms with Crippen LogP contribution < -0.4 is 0 Å². The lowest BCUT2D eigenvalue weighted by Crippen LogP contribution is -2.14. The van der Waals surface area contributed by atoms with Gasteiger partial charge in [-0.1, -0.05) is 133 Å². The monoisotopic (exact) mass is 948 g/mol.